The highest BCUT2D eigenvalue weighted by Gasteiger charge is 2.28. The number of ether oxygens (including phenoxy) is 3. The van der Waals surface area contributed by atoms with Crippen molar-refractivity contribution in [1.82, 2.24) is 29.8 Å². The molecule has 1 aromatic carbocycles. The lowest BCUT2D eigenvalue weighted by atomic mass is 10.2. The Kier molecular flexibility index (Phi) is 14.6. The van der Waals surface area contributed by atoms with Gasteiger partial charge in [-0.25, -0.2) is 14.4 Å². The minimum absolute atomic E-state index is 0.0372. The lowest BCUT2D eigenvalue weighted by Crippen LogP contribution is -2.53. The van der Waals surface area contributed by atoms with E-state index in [9.17, 15) is 24.0 Å². The van der Waals surface area contributed by atoms with Crippen molar-refractivity contribution < 1.29 is 38.2 Å². The number of amides is 5. The summed E-state index contributed by atoms with van der Waals surface area (Å²) in [6, 6.07) is 9.47. The maximum Gasteiger partial charge on any atom is 0.410 e. The molecule has 0 radical (unpaired) electrons. The van der Waals surface area contributed by atoms with Gasteiger partial charge in [0.25, 0.3) is 0 Å². The Morgan fingerprint density at radius 3 is 1.52 bits per heavy atom. The van der Waals surface area contributed by atoms with E-state index in [2.05, 4.69) is 5.32 Å². The van der Waals surface area contributed by atoms with Gasteiger partial charge in [0.05, 0.1) is 0 Å². The molecule has 14 nitrogen and oxygen atoms in total. The monoisotopic (exact) mass is 648 g/mol. The zero-order chi connectivity index (χ0) is 34.5. The first-order chi connectivity index (χ1) is 21.4. The van der Waals surface area contributed by atoms with Crippen LogP contribution in [0.15, 0.2) is 30.3 Å². The summed E-state index contributed by atoms with van der Waals surface area (Å²) < 4.78 is 15.8. The zero-order valence-corrected chi connectivity index (χ0v) is 28.7. The second-order valence-electron chi connectivity index (χ2n) is 13.2. The number of likely N-dealkylation sites (N-methyl/N-ethyl adjacent to an activating group) is 2. The van der Waals surface area contributed by atoms with Gasteiger partial charge in [-0.15, -0.1) is 0 Å². The molecule has 3 rings (SSSR count). The Labute approximate surface area is 272 Å². The fourth-order valence-electron chi connectivity index (χ4n) is 4.28. The van der Waals surface area contributed by atoms with Crippen LogP contribution < -0.4 is 5.32 Å². The Morgan fingerprint density at radius 1 is 0.674 bits per heavy atom. The van der Waals surface area contributed by atoms with E-state index in [1.54, 1.807) is 63.3 Å². The lowest BCUT2D eigenvalue weighted by molar-refractivity contribution is -0.134. The fourth-order valence-corrected chi connectivity index (χ4v) is 4.28. The average molecular weight is 649 g/mol. The van der Waals surface area contributed by atoms with Gasteiger partial charge in [-0.2, -0.15) is 0 Å². The molecule has 0 saturated carbocycles. The Hall–Kier alpha value is -4.07. The van der Waals surface area contributed by atoms with E-state index in [1.807, 2.05) is 30.3 Å². The number of hydrogen-bond donors (Lipinski definition) is 1. The molecule has 2 heterocycles. The van der Waals surface area contributed by atoms with Crippen molar-refractivity contribution in [3.05, 3.63) is 35.9 Å². The first kappa shape index (κ1) is 38.1. The smallest absolute Gasteiger partial charge is 0.410 e. The normalized spacial score (nSPS) is 15.2. The summed E-state index contributed by atoms with van der Waals surface area (Å²) >= 11 is 0. The number of carbonyl (C=O) groups is 5. The number of benzene rings is 1. The van der Waals surface area contributed by atoms with Crippen LogP contribution in [0.25, 0.3) is 0 Å². The molecule has 2 fully saturated rings. The quantitative estimate of drug-likeness (QED) is 0.461. The predicted octanol–water partition coefficient (Wildman–Crippen LogP) is 2.62. The first-order valence-electron chi connectivity index (χ1n) is 15.6. The number of rotatable bonds is 6. The Morgan fingerprint density at radius 2 is 1.09 bits per heavy atom. The minimum atomic E-state index is -0.611. The van der Waals surface area contributed by atoms with Gasteiger partial charge in [-0.05, 0) is 47.1 Å². The van der Waals surface area contributed by atoms with Crippen molar-refractivity contribution >= 4 is 30.1 Å². The molecule has 0 aromatic heterocycles. The summed E-state index contributed by atoms with van der Waals surface area (Å²) in [6.45, 7) is 15.6. The molecule has 0 atom stereocenters. The van der Waals surface area contributed by atoms with Crippen molar-refractivity contribution in [2.24, 2.45) is 0 Å². The highest BCUT2D eigenvalue weighted by Crippen LogP contribution is 2.11. The van der Waals surface area contributed by atoms with Crippen molar-refractivity contribution in [3.63, 3.8) is 0 Å². The summed E-state index contributed by atoms with van der Waals surface area (Å²) in [5, 5.41) is 3.18. The van der Waals surface area contributed by atoms with E-state index in [1.165, 1.54) is 16.8 Å². The second-order valence-corrected chi connectivity index (χ2v) is 13.2. The highest BCUT2D eigenvalue weighted by molar-refractivity contribution is 5.83. The van der Waals surface area contributed by atoms with Gasteiger partial charge in [-0.3, -0.25) is 9.59 Å². The molecular weight excluding hydrogens is 596 g/mol. The molecule has 14 heteroatoms. The lowest BCUT2D eigenvalue weighted by Gasteiger charge is -2.35. The van der Waals surface area contributed by atoms with Crippen LogP contribution in [0.3, 0.4) is 0 Å². The molecule has 1 aromatic rings. The molecule has 0 bridgehead atoms. The number of carbonyl (C=O) groups excluding carboxylic acids is 5. The van der Waals surface area contributed by atoms with E-state index in [0.29, 0.717) is 39.3 Å². The maximum atomic E-state index is 12.4. The summed E-state index contributed by atoms with van der Waals surface area (Å²) in [4.78, 5) is 67.7. The molecule has 1 N–H and O–H groups in total. The van der Waals surface area contributed by atoms with Gasteiger partial charge in [0.15, 0.2) is 0 Å². The molecule has 0 aliphatic carbocycles. The van der Waals surface area contributed by atoms with Crippen LogP contribution in [0, 0.1) is 0 Å². The van der Waals surface area contributed by atoms with Crippen LogP contribution >= 0.6 is 0 Å². The largest absolute Gasteiger partial charge is 0.445 e. The predicted molar refractivity (Wildman–Crippen MR) is 172 cm³/mol. The van der Waals surface area contributed by atoms with Gasteiger partial charge < -0.3 is 44.0 Å². The summed E-state index contributed by atoms with van der Waals surface area (Å²) in [5.41, 5.74) is -0.223. The van der Waals surface area contributed by atoms with Gasteiger partial charge in [0, 0.05) is 66.5 Å². The molecule has 2 aliphatic rings. The second kappa shape index (κ2) is 17.6. The number of nitrogens with zero attached hydrogens (tertiary/aromatic N) is 5. The Bertz CT molecular complexity index is 1150. The molecule has 0 unspecified atom stereocenters. The van der Waals surface area contributed by atoms with Crippen LogP contribution in [-0.4, -0.2) is 145 Å². The van der Waals surface area contributed by atoms with E-state index in [4.69, 9.17) is 14.2 Å². The SMILES string of the molecule is CN(CC(=O)N1CCN(C(=O)OCc2ccccc2)CC1)C(=O)OC(C)(C)C.CN(CC(=O)N1CCNCC1)C(=O)OC(C)(C)C. The third-order valence-electron chi connectivity index (χ3n) is 6.72. The van der Waals surface area contributed by atoms with Gasteiger partial charge in [0.2, 0.25) is 11.8 Å². The minimum Gasteiger partial charge on any atom is -0.445 e. The third-order valence-corrected chi connectivity index (χ3v) is 6.72. The van der Waals surface area contributed by atoms with Crippen LogP contribution in [0.2, 0.25) is 0 Å². The molecular formula is C32H52N6O8. The van der Waals surface area contributed by atoms with E-state index in [-0.39, 0.29) is 37.6 Å². The standard InChI is InChI=1S/C20H29N3O5.C12H23N3O3/c1-20(2,3)28-18(25)21(4)14-17(24)22-10-12-23(13-11-22)19(26)27-15-16-8-6-5-7-9-16;1-12(2,3)18-11(17)14(4)9-10(16)15-7-5-13-6-8-15/h5-9H,10-15H2,1-4H3;13H,5-9H2,1-4H3. The number of nitrogens with one attached hydrogen (secondary N) is 1. The van der Waals surface area contributed by atoms with Crippen molar-refractivity contribution in [2.45, 2.75) is 59.4 Å². The van der Waals surface area contributed by atoms with Crippen molar-refractivity contribution in [2.75, 3.05) is 79.5 Å². The molecule has 258 valence electrons. The average Bonchev–Trinajstić information content (AvgIpc) is 2.99. The fraction of sp³-hybridized carbons (Fsp3) is 0.656. The van der Waals surface area contributed by atoms with Crippen molar-refractivity contribution in [1.29, 1.82) is 0 Å². The summed E-state index contributed by atoms with van der Waals surface area (Å²) in [6.07, 6.45) is -1.39. The molecule has 2 saturated heterocycles. The van der Waals surface area contributed by atoms with E-state index < -0.39 is 23.4 Å². The number of hydrogen-bond acceptors (Lipinski definition) is 9. The van der Waals surface area contributed by atoms with Crippen LogP contribution in [0.5, 0.6) is 0 Å². The van der Waals surface area contributed by atoms with E-state index in [0.717, 1.165) is 18.7 Å². The highest BCUT2D eigenvalue weighted by atomic mass is 16.6. The van der Waals surface area contributed by atoms with Gasteiger partial charge in [0.1, 0.15) is 30.9 Å². The van der Waals surface area contributed by atoms with Gasteiger partial charge in [-0.1, -0.05) is 30.3 Å². The number of piperazine rings is 2. The van der Waals surface area contributed by atoms with Crippen LogP contribution in [0.4, 0.5) is 14.4 Å². The third kappa shape index (κ3) is 14.4. The first-order valence-corrected chi connectivity index (χ1v) is 15.6. The van der Waals surface area contributed by atoms with Gasteiger partial charge >= 0.3 is 18.3 Å². The summed E-state index contributed by atoms with van der Waals surface area (Å²) in [7, 11) is 3.11. The zero-order valence-electron chi connectivity index (χ0n) is 28.7. The molecule has 46 heavy (non-hydrogen) atoms. The summed E-state index contributed by atoms with van der Waals surface area (Å²) in [5.74, 6) is -0.212. The van der Waals surface area contributed by atoms with E-state index >= 15 is 0 Å². The molecule has 5 amide bonds. The topological polar surface area (TPSA) is 141 Å². The molecule has 2 aliphatic heterocycles. The van der Waals surface area contributed by atoms with Crippen LogP contribution in [-0.2, 0) is 30.4 Å². The van der Waals surface area contributed by atoms with Crippen LogP contribution in [0.1, 0.15) is 47.1 Å². The van der Waals surface area contributed by atoms with Crippen molar-refractivity contribution in [3.8, 4) is 0 Å². The molecule has 0 spiro atoms. The maximum absolute atomic E-state index is 12.4. The Balaban J connectivity index is 0.000000353.